The van der Waals surface area contributed by atoms with Crippen molar-refractivity contribution in [1.82, 2.24) is 9.88 Å². The van der Waals surface area contributed by atoms with E-state index in [1.165, 1.54) is 0 Å². The highest BCUT2D eigenvalue weighted by Gasteiger charge is 2.19. The van der Waals surface area contributed by atoms with Crippen LogP contribution in [0.5, 0.6) is 11.5 Å². The highest BCUT2D eigenvalue weighted by Crippen LogP contribution is 2.37. The largest absolute Gasteiger partial charge is 0.454 e. The Morgan fingerprint density at radius 2 is 2.00 bits per heavy atom. The number of halogens is 1. The zero-order valence-corrected chi connectivity index (χ0v) is 15.6. The molecule has 6 heteroatoms. The third-order valence-electron chi connectivity index (χ3n) is 4.44. The number of amides is 1. The predicted molar refractivity (Wildman–Crippen MR) is 103 cm³/mol. The van der Waals surface area contributed by atoms with Gasteiger partial charge in [-0.2, -0.15) is 0 Å². The number of hydrogen-bond donors (Lipinski definition) is 1. The van der Waals surface area contributed by atoms with Crippen molar-refractivity contribution < 1.29 is 14.3 Å². The van der Waals surface area contributed by atoms with E-state index in [4.69, 9.17) is 9.47 Å². The average molecular weight is 413 g/mol. The first-order valence-corrected chi connectivity index (χ1v) is 9.00. The molecule has 1 aliphatic rings. The molecule has 0 spiro atoms. The lowest BCUT2D eigenvalue weighted by Crippen LogP contribution is -2.26. The molecule has 1 aliphatic heterocycles. The number of carbonyl (C=O) groups excluding carboxylic acids is 1. The van der Waals surface area contributed by atoms with Gasteiger partial charge in [-0.25, -0.2) is 0 Å². The van der Waals surface area contributed by atoms with Gasteiger partial charge in [0, 0.05) is 21.6 Å². The van der Waals surface area contributed by atoms with Crippen LogP contribution in [0.2, 0.25) is 0 Å². The number of H-pyrrole nitrogens is 1. The van der Waals surface area contributed by atoms with E-state index in [1.54, 1.807) is 11.1 Å². The summed E-state index contributed by atoms with van der Waals surface area (Å²) < 4.78 is 11.7. The van der Waals surface area contributed by atoms with Gasteiger partial charge in [0.1, 0.15) is 0 Å². The Labute approximate surface area is 159 Å². The molecule has 26 heavy (non-hydrogen) atoms. The summed E-state index contributed by atoms with van der Waals surface area (Å²) in [6.45, 7) is 4.42. The van der Waals surface area contributed by atoms with Gasteiger partial charge in [-0.05, 0) is 35.5 Å². The molecule has 0 fully saturated rings. The summed E-state index contributed by atoms with van der Waals surface area (Å²) in [5.41, 5.74) is 2.93. The molecule has 3 aromatic rings. The molecular weight excluding hydrogens is 396 g/mol. The van der Waals surface area contributed by atoms with Crippen LogP contribution in [0.25, 0.3) is 10.9 Å². The molecule has 2 aromatic carbocycles. The Hall–Kier alpha value is -2.73. The summed E-state index contributed by atoms with van der Waals surface area (Å²) in [4.78, 5) is 17.6. The van der Waals surface area contributed by atoms with Crippen molar-refractivity contribution in [3.8, 4) is 11.5 Å². The molecule has 5 nitrogen and oxygen atoms in total. The molecule has 0 saturated heterocycles. The number of aromatic nitrogens is 1. The van der Waals surface area contributed by atoms with Crippen LogP contribution >= 0.6 is 15.9 Å². The van der Waals surface area contributed by atoms with Gasteiger partial charge in [-0.3, -0.25) is 4.79 Å². The maximum Gasteiger partial charge on any atom is 0.231 e. The lowest BCUT2D eigenvalue weighted by atomic mass is 10.1. The number of para-hydroxylation sites is 1. The van der Waals surface area contributed by atoms with Crippen LogP contribution in [-0.2, 0) is 17.8 Å². The lowest BCUT2D eigenvalue weighted by Gasteiger charge is -2.19. The summed E-state index contributed by atoms with van der Waals surface area (Å²) in [6.07, 6.45) is 3.76. The Morgan fingerprint density at radius 1 is 1.23 bits per heavy atom. The predicted octanol–water partition coefficient (Wildman–Crippen LogP) is 4.37. The van der Waals surface area contributed by atoms with Gasteiger partial charge in [0.25, 0.3) is 0 Å². The van der Waals surface area contributed by atoms with E-state index in [1.807, 2.05) is 42.6 Å². The molecule has 0 radical (unpaired) electrons. The fraction of sp³-hybridized carbons (Fsp3) is 0.150. The Balaban J connectivity index is 1.54. The van der Waals surface area contributed by atoms with Gasteiger partial charge in [0.05, 0.1) is 13.0 Å². The van der Waals surface area contributed by atoms with Crippen molar-refractivity contribution in [1.29, 1.82) is 0 Å². The van der Waals surface area contributed by atoms with Crippen LogP contribution in [0.4, 0.5) is 0 Å². The topological polar surface area (TPSA) is 54.6 Å². The molecule has 2 heterocycles. The van der Waals surface area contributed by atoms with Crippen molar-refractivity contribution in [2.24, 2.45) is 0 Å². The minimum atomic E-state index is -0.0191. The normalized spacial score (nSPS) is 12.3. The van der Waals surface area contributed by atoms with Gasteiger partial charge >= 0.3 is 0 Å². The fourth-order valence-corrected chi connectivity index (χ4v) is 3.51. The molecule has 1 amide bonds. The van der Waals surface area contributed by atoms with E-state index in [0.29, 0.717) is 24.5 Å². The van der Waals surface area contributed by atoms with Crippen molar-refractivity contribution in [2.45, 2.75) is 13.0 Å². The molecule has 0 bridgehead atoms. The number of hydrogen-bond acceptors (Lipinski definition) is 3. The van der Waals surface area contributed by atoms with E-state index in [-0.39, 0.29) is 12.7 Å². The highest BCUT2D eigenvalue weighted by atomic mass is 79.9. The summed E-state index contributed by atoms with van der Waals surface area (Å²) >= 11 is 3.54. The van der Waals surface area contributed by atoms with Gasteiger partial charge in [-0.1, -0.05) is 40.7 Å². The zero-order chi connectivity index (χ0) is 18.1. The molecule has 132 valence electrons. The quantitative estimate of drug-likeness (QED) is 0.676. The third kappa shape index (κ3) is 3.08. The third-order valence-corrected chi connectivity index (χ3v) is 5.18. The van der Waals surface area contributed by atoms with Crippen LogP contribution in [0.15, 0.2) is 59.8 Å². The first-order valence-electron chi connectivity index (χ1n) is 8.21. The number of aromatic amines is 1. The molecule has 0 unspecified atom stereocenters. The maximum atomic E-state index is 12.8. The van der Waals surface area contributed by atoms with Crippen LogP contribution < -0.4 is 9.47 Å². The molecule has 0 atom stereocenters. The molecule has 1 N–H and O–H groups in total. The second kappa shape index (κ2) is 6.88. The van der Waals surface area contributed by atoms with Gasteiger partial charge in [-0.15, -0.1) is 0 Å². The second-order valence-corrected chi connectivity index (χ2v) is 6.89. The van der Waals surface area contributed by atoms with Crippen LogP contribution in [0, 0.1) is 0 Å². The Kier molecular flexibility index (Phi) is 4.42. The lowest BCUT2D eigenvalue weighted by molar-refractivity contribution is -0.128. The minimum absolute atomic E-state index is 0.0191. The zero-order valence-electron chi connectivity index (χ0n) is 14.0. The van der Waals surface area contributed by atoms with E-state index < -0.39 is 0 Å². The van der Waals surface area contributed by atoms with Crippen molar-refractivity contribution >= 4 is 32.7 Å². The van der Waals surface area contributed by atoms with Crippen LogP contribution in [0.3, 0.4) is 0 Å². The second-order valence-electron chi connectivity index (χ2n) is 6.04. The molecule has 0 saturated carbocycles. The summed E-state index contributed by atoms with van der Waals surface area (Å²) in [6, 6.07) is 11.7. The van der Waals surface area contributed by atoms with E-state index in [0.717, 1.165) is 26.5 Å². The summed E-state index contributed by atoms with van der Waals surface area (Å²) in [7, 11) is 0. The number of rotatable bonds is 5. The highest BCUT2D eigenvalue weighted by molar-refractivity contribution is 9.10. The van der Waals surface area contributed by atoms with Crippen molar-refractivity contribution in [3.63, 3.8) is 0 Å². The summed E-state index contributed by atoms with van der Waals surface area (Å²) in [5.74, 6) is 1.38. The standard InChI is InChI=1S/C20H17BrN2O3/c1-2-23(11-14-7-18-19(9-16(14)21)26-12-25-18)20(24)8-13-10-22-17-6-4-3-5-15(13)17/h2-7,9-10,22H,1,8,11-12H2. The Bertz CT molecular complexity index is 996. The average Bonchev–Trinajstić information content (AvgIpc) is 3.26. The number of nitrogens with one attached hydrogen (secondary N) is 1. The Morgan fingerprint density at radius 3 is 2.81 bits per heavy atom. The van der Waals surface area contributed by atoms with E-state index in [2.05, 4.69) is 27.5 Å². The monoisotopic (exact) mass is 412 g/mol. The van der Waals surface area contributed by atoms with Gasteiger partial charge in [0.2, 0.25) is 12.7 Å². The summed E-state index contributed by atoms with van der Waals surface area (Å²) in [5, 5.41) is 1.06. The maximum absolute atomic E-state index is 12.8. The van der Waals surface area contributed by atoms with E-state index >= 15 is 0 Å². The van der Waals surface area contributed by atoms with E-state index in [9.17, 15) is 4.79 Å². The minimum Gasteiger partial charge on any atom is -0.454 e. The number of fused-ring (bicyclic) bond motifs is 2. The number of carbonyl (C=O) groups is 1. The van der Waals surface area contributed by atoms with Crippen molar-refractivity contribution in [2.75, 3.05) is 6.79 Å². The fourth-order valence-electron chi connectivity index (χ4n) is 3.06. The van der Waals surface area contributed by atoms with Gasteiger partial charge < -0.3 is 19.4 Å². The molecule has 0 aliphatic carbocycles. The first-order chi connectivity index (χ1) is 12.7. The number of nitrogens with zero attached hydrogens (tertiary/aromatic N) is 1. The van der Waals surface area contributed by atoms with Gasteiger partial charge in [0.15, 0.2) is 11.5 Å². The van der Waals surface area contributed by atoms with Crippen molar-refractivity contribution in [3.05, 3.63) is 71.0 Å². The molecular formula is C20H17BrN2O3. The van der Waals surface area contributed by atoms with Crippen LogP contribution in [-0.4, -0.2) is 22.6 Å². The van der Waals surface area contributed by atoms with Crippen LogP contribution in [0.1, 0.15) is 11.1 Å². The first kappa shape index (κ1) is 16.7. The smallest absolute Gasteiger partial charge is 0.231 e. The number of benzene rings is 2. The molecule has 1 aromatic heterocycles. The molecule has 4 rings (SSSR count). The SMILES string of the molecule is C=CN(Cc1cc2c(cc1Br)OCO2)C(=O)Cc1c[nH]c2ccccc12. The number of ether oxygens (including phenoxy) is 2.